The second-order valence-corrected chi connectivity index (χ2v) is 7.38. The fraction of sp³-hybridized carbons (Fsp3) is 0.154. The topological polar surface area (TPSA) is 88.1 Å². The molecule has 1 heterocycles. The SMILES string of the molecule is CCOC(=O)c1ccccc1NC(=O)CN1C(=O)CC(c2ccccc2)=Nc2ccccc21. The lowest BCUT2D eigenvalue weighted by molar-refractivity contribution is -0.120. The van der Waals surface area contributed by atoms with Gasteiger partial charge in [0.25, 0.3) is 0 Å². The molecule has 0 unspecified atom stereocenters. The zero-order chi connectivity index (χ0) is 23.2. The molecule has 0 radical (unpaired) electrons. The Morgan fingerprint density at radius 2 is 1.67 bits per heavy atom. The number of ether oxygens (including phenoxy) is 1. The summed E-state index contributed by atoms with van der Waals surface area (Å²) in [7, 11) is 0. The van der Waals surface area contributed by atoms with Gasteiger partial charge in [-0.05, 0) is 36.8 Å². The third-order valence-corrected chi connectivity index (χ3v) is 5.15. The number of carbonyl (C=O) groups excluding carboxylic acids is 3. The second kappa shape index (κ2) is 9.91. The number of nitrogens with zero attached hydrogens (tertiary/aromatic N) is 2. The van der Waals surface area contributed by atoms with Gasteiger partial charge in [0.15, 0.2) is 0 Å². The number of para-hydroxylation sites is 3. The molecule has 0 saturated carbocycles. The Labute approximate surface area is 191 Å². The number of nitrogens with one attached hydrogen (secondary N) is 1. The zero-order valence-corrected chi connectivity index (χ0v) is 18.2. The van der Waals surface area contributed by atoms with Crippen LogP contribution in [0.4, 0.5) is 17.1 Å². The van der Waals surface area contributed by atoms with E-state index in [1.54, 1.807) is 43.3 Å². The molecule has 1 N–H and O–H groups in total. The van der Waals surface area contributed by atoms with E-state index in [1.807, 2.05) is 42.5 Å². The molecule has 3 aromatic carbocycles. The summed E-state index contributed by atoms with van der Waals surface area (Å²) in [6, 6.07) is 23.3. The van der Waals surface area contributed by atoms with Gasteiger partial charge in [-0.25, -0.2) is 4.79 Å². The molecule has 166 valence electrons. The number of esters is 1. The lowest BCUT2D eigenvalue weighted by atomic mass is 10.1. The van der Waals surface area contributed by atoms with Crippen molar-refractivity contribution in [3.05, 3.63) is 90.0 Å². The smallest absolute Gasteiger partial charge is 0.340 e. The van der Waals surface area contributed by atoms with Crippen LogP contribution in [0.1, 0.15) is 29.3 Å². The number of anilines is 2. The lowest BCUT2D eigenvalue weighted by Gasteiger charge is -2.22. The summed E-state index contributed by atoms with van der Waals surface area (Å²) < 4.78 is 5.06. The Hall–Kier alpha value is -4.26. The van der Waals surface area contributed by atoms with E-state index in [2.05, 4.69) is 5.32 Å². The standard InChI is InChI=1S/C26H23N3O4/c1-2-33-26(32)19-12-6-7-13-20(19)28-24(30)17-29-23-15-9-8-14-21(23)27-22(16-25(29)31)18-10-4-3-5-11-18/h3-15H,2,16-17H2,1H3,(H,28,30). The average molecular weight is 441 g/mol. The first-order chi connectivity index (χ1) is 16.1. The predicted octanol–water partition coefficient (Wildman–Crippen LogP) is 4.36. The molecule has 1 aliphatic rings. The largest absolute Gasteiger partial charge is 0.462 e. The van der Waals surface area contributed by atoms with E-state index < -0.39 is 11.9 Å². The number of amides is 2. The van der Waals surface area contributed by atoms with Crippen LogP contribution in [-0.2, 0) is 14.3 Å². The number of hydrogen-bond acceptors (Lipinski definition) is 5. The van der Waals surface area contributed by atoms with Gasteiger partial charge in [-0.1, -0.05) is 54.6 Å². The third-order valence-electron chi connectivity index (χ3n) is 5.15. The van der Waals surface area contributed by atoms with E-state index in [0.717, 1.165) is 5.56 Å². The van der Waals surface area contributed by atoms with Crippen molar-refractivity contribution >= 4 is 40.6 Å². The Balaban J connectivity index is 1.58. The van der Waals surface area contributed by atoms with E-state index in [1.165, 1.54) is 4.90 Å². The molecule has 0 fully saturated rings. The minimum absolute atomic E-state index is 0.0609. The van der Waals surface area contributed by atoms with Crippen LogP contribution >= 0.6 is 0 Å². The number of rotatable bonds is 6. The molecule has 0 spiro atoms. The minimum atomic E-state index is -0.523. The van der Waals surface area contributed by atoms with Gasteiger partial charge in [0.2, 0.25) is 11.8 Å². The van der Waals surface area contributed by atoms with Gasteiger partial charge < -0.3 is 15.0 Å². The second-order valence-electron chi connectivity index (χ2n) is 7.38. The number of benzene rings is 3. The van der Waals surface area contributed by atoms with E-state index in [9.17, 15) is 14.4 Å². The van der Waals surface area contributed by atoms with Crippen molar-refractivity contribution in [1.29, 1.82) is 0 Å². The highest BCUT2D eigenvalue weighted by molar-refractivity contribution is 6.19. The van der Waals surface area contributed by atoms with Gasteiger partial charge in [0, 0.05) is 0 Å². The molecule has 1 aliphatic heterocycles. The Morgan fingerprint density at radius 1 is 0.970 bits per heavy atom. The van der Waals surface area contributed by atoms with Gasteiger partial charge in [-0.2, -0.15) is 0 Å². The van der Waals surface area contributed by atoms with Crippen molar-refractivity contribution in [3.63, 3.8) is 0 Å². The molecule has 2 amide bonds. The number of fused-ring (bicyclic) bond motifs is 1. The van der Waals surface area contributed by atoms with E-state index in [-0.39, 0.29) is 31.0 Å². The molecule has 0 atom stereocenters. The first-order valence-electron chi connectivity index (χ1n) is 10.6. The number of carbonyl (C=O) groups is 3. The zero-order valence-electron chi connectivity index (χ0n) is 18.2. The summed E-state index contributed by atoms with van der Waals surface area (Å²) in [4.78, 5) is 44.5. The Morgan fingerprint density at radius 3 is 2.45 bits per heavy atom. The first kappa shape index (κ1) is 22.0. The Bertz CT molecular complexity index is 1220. The molecule has 0 saturated heterocycles. The predicted molar refractivity (Wildman–Crippen MR) is 127 cm³/mol. The summed E-state index contributed by atoms with van der Waals surface area (Å²) in [6.07, 6.45) is 0.0609. The van der Waals surface area contributed by atoms with Crippen LogP contribution in [0.15, 0.2) is 83.9 Å². The van der Waals surface area contributed by atoms with Crippen LogP contribution in [0.3, 0.4) is 0 Å². The molecule has 7 nitrogen and oxygen atoms in total. The highest BCUT2D eigenvalue weighted by Gasteiger charge is 2.27. The van der Waals surface area contributed by atoms with Crippen molar-refractivity contribution in [2.45, 2.75) is 13.3 Å². The normalized spacial score (nSPS) is 12.9. The maximum absolute atomic E-state index is 13.2. The van der Waals surface area contributed by atoms with Gasteiger partial charge in [-0.15, -0.1) is 0 Å². The van der Waals surface area contributed by atoms with Crippen LogP contribution in [0.2, 0.25) is 0 Å². The molecule has 4 rings (SSSR count). The Kier molecular flexibility index (Phi) is 6.59. The molecule has 0 bridgehead atoms. The molecule has 0 aromatic heterocycles. The van der Waals surface area contributed by atoms with Crippen molar-refractivity contribution < 1.29 is 19.1 Å². The quantitative estimate of drug-likeness (QED) is 0.576. The van der Waals surface area contributed by atoms with Gasteiger partial charge in [0.1, 0.15) is 6.54 Å². The molecule has 7 heteroatoms. The molecule has 33 heavy (non-hydrogen) atoms. The molecule has 0 aliphatic carbocycles. The van der Waals surface area contributed by atoms with Crippen LogP contribution in [-0.4, -0.2) is 36.6 Å². The summed E-state index contributed by atoms with van der Waals surface area (Å²) in [5, 5.41) is 2.74. The maximum atomic E-state index is 13.2. The summed E-state index contributed by atoms with van der Waals surface area (Å²) in [6.45, 7) is 1.72. The minimum Gasteiger partial charge on any atom is -0.462 e. The van der Waals surface area contributed by atoms with Crippen LogP contribution in [0.25, 0.3) is 0 Å². The van der Waals surface area contributed by atoms with Gasteiger partial charge in [-0.3, -0.25) is 14.6 Å². The average Bonchev–Trinajstić information content (AvgIpc) is 2.96. The molecular formula is C26H23N3O4. The molecular weight excluding hydrogens is 418 g/mol. The van der Waals surface area contributed by atoms with Gasteiger partial charge >= 0.3 is 5.97 Å². The van der Waals surface area contributed by atoms with E-state index >= 15 is 0 Å². The lowest BCUT2D eigenvalue weighted by Crippen LogP contribution is -2.38. The maximum Gasteiger partial charge on any atom is 0.340 e. The van der Waals surface area contributed by atoms with Crippen LogP contribution < -0.4 is 10.2 Å². The van der Waals surface area contributed by atoms with Crippen LogP contribution in [0, 0.1) is 0 Å². The third kappa shape index (κ3) is 4.98. The van der Waals surface area contributed by atoms with Crippen LogP contribution in [0.5, 0.6) is 0 Å². The van der Waals surface area contributed by atoms with E-state index in [0.29, 0.717) is 22.8 Å². The summed E-state index contributed by atoms with van der Waals surface area (Å²) >= 11 is 0. The van der Waals surface area contributed by atoms with Gasteiger partial charge in [0.05, 0.1) is 41.4 Å². The van der Waals surface area contributed by atoms with Crippen molar-refractivity contribution in [3.8, 4) is 0 Å². The first-order valence-corrected chi connectivity index (χ1v) is 10.6. The number of hydrogen-bond donors (Lipinski definition) is 1. The molecule has 3 aromatic rings. The van der Waals surface area contributed by atoms with Crippen molar-refractivity contribution in [2.75, 3.05) is 23.4 Å². The summed E-state index contributed by atoms with van der Waals surface area (Å²) in [5.41, 5.74) is 3.26. The van der Waals surface area contributed by atoms with Crippen molar-refractivity contribution in [2.24, 2.45) is 4.99 Å². The fourth-order valence-electron chi connectivity index (χ4n) is 3.63. The monoisotopic (exact) mass is 441 g/mol. The fourth-order valence-corrected chi connectivity index (χ4v) is 3.63. The highest BCUT2D eigenvalue weighted by Crippen LogP contribution is 2.33. The number of aliphatic imine (C=N–C) groups is 1. The van der Waals surface area contributed by atoms with Crippen molar-refractivity contribution in [1.82, 2.24) is 0 Å². The summed E-state index contributed by atoms with van der Waals surface area (Å²) in [5.74, 6) is -1.19. The highest BCUT2D eigenvalue weighted by atomic mass is 16.5. The van der Waals surface area contributed by atoms with E-state index in [4.69, 9.17) is 9.73 Å².